The largest absolute Gasteiger partial charge is 0.380 e. The minimum atomic E-state index is 0.103. The summed E-state index contributed by atoms with van der Waals surface area (Å²) in [5.74, 6) is 0.103. The molecule has 5 nitrogen and oxygen atoms in total. The van der Waals surface area contributed by atoms with E-state index in [1.165, 1.54) is 5.56 Å². The van der Waals surface area contributed by atoms with Gasteiger partial charge in [-0.25, -0.2) is 0 Å². The molecule has 1 aliphatic heterocycles. The molecule has 1 fully saturated rings. The Morgan fingerprint density at radius 1 is 1.20 bits per heavy atom. The molecule has 2 heterocycles. The average Bonchev–Trinajstić information content (AvgIpc) is 2.68. The number of rotatable bonds is 5. The summed E-state index contributed by atoms with van der Waals surface area (Å²) < 4.78 is 5.15. The van der Waals surface area contributed by atoms with Crippen LogP contribution in [0.15, 0.2) is 48.8 Å². The van der Waals surface area contributed by atoms with Gasteiger partial charge in [0.25, 0.3) is 5.91 Å². The summed E-state index contributed by atoms with van der Waals surface area (Å²) >= 11 is 0. The normalized spacial score (nSPS) is 16.6. The van der Waals surface area contributed by atoms with Crippen molar-refractivity contribution < 1.29 is 9.53 Å². The molecule has 1 aliphatic rings. The fourth-order valence-electron chi connectivity index (χ4n) is 3.29. The summed E-state index contributed by atoms with van der Waals surface area (Å²) in [5, 5.41) is 0. The van der Waals surface area contributed by atoms with Crippen LogP contribution in [-0.4, -0.2) is 54.0 Å². The highest BCUT2D eigenvalue weighted by Gasteiger charge is 2.25. The third kappa shape index (κ3) is 4.24. The van der Waals surface area contributed by atoms with Crippen LogP contribution in [0.25, 0.3) is 0 Å². The zero-order chi connectivity index (χ0) is 17.6. The first kappa shape index (κ1) is 17.6. The number of methoxy groups -OCH3 is 1. The zero-order valence-electron chi connectivity index (χ0n) is 14.9. The topological polar surface area (TPSA) is 45.7 Å². The third-order valence-electron chi connectivity index (χ3n) is 4.80. The summed E-state index contributed by atoms with van der Waals surface area (Å²) in [7, 11) is 1.66. The lowest BCUT2D eigenvalue weighted by Crippen LogP contribution is -2.49. The molecule has 0 bridgehead atoms. The van der Waals surface area contributed by atoms with Crippen LogP contribution in [0.1, 0.15) is 34.5 Å². The number of amides is 1. The molecule has 25 heavy (non-hydrogen) atoms. The van der Waals surface area contributed by atoms with Crippen molar-refractivity contribution in [2.75, 3.05) is 33.3 Å². The number of hydrogen-bond acceptors (Lipinski definition) is 4. The molecule has 1 saturated heterocycles. The molecular formula is C20H25N3O2. The Hall–Kier alpha value is -2.24. The lowest BCUT2D eigenvalue weighted by molar-refractivity contribution is 0.0581. The number of carbonyl (C=O) groups is 1. The van der Waals surface area contributed by atoms with Crippen molar-refractivity contribution in [3.05, 3.63) is 65.5 Å². The van der Waals surface area contributed by atoms with Crippen LogP contribution in [0.5, 0.6) is 0 Å². The second-order valence-corrected chi connectivity index (χ2v) is 6.42. The number of piperazine rings is 1. The highest BCUT2D eigenvalue weighted by Crippen LogP contribution is 2.21. The van der Waals surface area contributed by atoms with Crippen molar-refractivity contribution in [3.63, 3.8) is 0 Å². The van der Waals surface area contributed by atoms with Crippen LogP contribution in [0.3, 0.4) is 0 Å². The fraction of sp³-hybridized carbons (Fsp3) is 0.400. The maximum atomic E-state index is 12.8. The van der Waals surface area contributed by atoms with Crippen LogP contribution >= 0.6 is 0 Å². The molecule has 3 rings (SSSR count). The lowest BCUT2D eigenvalue weighted by Gasteiger charge is -2.38. The van der Waals surface area contributed by atoms with Crippen LogP contribution < -0.4 is 0 Å². The maximum absolute atomic E-state index is 12.8. The van der Waals surface area contributed by atoms with E-state index in [4.69, 9.17) is 4.74 Å². The number of nitrogens with zero attached hydrogens (tertiary/aromatic N) is 3. The first-order valence-corrected chi connectivity index (χ1v) is 8.70. The molecule has 5 heteroatoms. The van der Waals surface area contributed by atoms with Crippen molar-refractivity contribution in [1.29, 1.82) is 0 Å². The van der Waals surface area contributed by atoms with Crippen LogP contribution in [0.2, 0.25) is 0 Å². The number of benzene rings is 1. The van der Waals surface area contributed by atoms with E-state index in [0.717, 1.165) is 37.3 Å². The van der Waals surface area contributed by atoms with Crippen molar-refractivity contribution in [2.24, 2.45) is 0 Å². The molecule has 132 valence electrons. The second-order valence-electron chi connectivity index (χ2n) is 6.42. The first-order valence-electron chi connectivity index (χ1n) is 8.70. The predicted molar refractivity (Wildman–Crippen MR) is 97.3 cm³/mol. The number of carbonyl (C=O) groups excluding carboxylic acids is 1. The highest BCUT2D eigenvalue weighted by atomic mass is 16.5. The fourth-order valence-corrected chi connectivity index (χ4v) is 3.29. The molecular weight excluding hydrogens is 314 g/mol. The summed E-state index contributed by atoms with van der Waals surface area (Å²) in [4.78, 5) is 21.3. The van der Waals surface area contributed by atoms with E-state index in [-0.39, 0.29) is 5.91 Å². The molecule has 1 amide bonds. The number of ether oxygens (including phenoxy) is 1. The highest BCUT2D eigenvalue weighted by molar-refractivity contribution is 5.94. The first-order chi connectivity index (χ1) is 12.2. The van der Waals surface area contributed by atoms with E-state index in [2.05, 4.69) is 22.9 Å². The van der Waals surface area contributed by atoms with E-state index in [9.17, 15) is 4.79 Å². The summed E-state index contributed by atoms with van der Waals surface area (Å²) in [6, 6.07) is 12.1. The molecule has 1 atom stereocenters. The van der Waals surface area contributed by atoms with Crippen molar-refractivity contribution >= 4 is 5.91 Å². The van der Waals surface area contributed by atoms with Gasteiger partial charge in [-0.2, -0.15) is 0 Å². The molecule has 1 aromatic heterocycles. The molecule has 0 saturated carbocycles. The Bertz CT molecular complexity index is 697. The zero-order valence-corrected chi connectivity index (χ0v) is 14.9. The Morgan fingerprint density at radius 3 is 2.68 bits per heavy atom. The van der Waals surface area contributed by atoms with Gasteiger partial charge in [-0.05, 0) is 36.2 Å². The molecule has 0 radical (unpaired) electrons. The van der Waals surface area contributed by atoms with Crippen LogP contribution in [0.4, 0.5) is 0 Å². The Balaban J connectivity index is 1.60. The Kier molecular flexibility index (Phi) is 5.79. The van der Waals surface area contributed by atoms with Crippen LogP contribution in [0, 0.1) is 0 Å². The van der Waals surface area contributed by atoms with Gasteiger partial charge >= 0.3 is 0 Å². The minimum absolute atomic E-state index is 0.103. The Morgan fingerprint density at radius 2 is 2.00 bits per heavy atom. The Labute approximate surface area is 149 Å². The SMILES string of the molecule is COCc1cccc(C(=O)N2CCN(C(C)c3cccnc3)CC2)c1. The maximum Gasteiger partial charge on any atom is 0.253 e. The van der Waals surface area contributed by atoms with E-state index >= 15 is 0 Å². The van der Waals surface area contributed by atoms with Gasteiger partial charge in [0.15, 0.2) is 0 Å². The van der Waals surface area contributed by atoms with Crippen molar-refractivity contribution in [3.8, 4) is 0 Å². The number of pyridine rings is 1. The summed E-state index contributed by atoms with van der Waals surface area (Å²) in [5.41, 5.74) is 2.98. The van der Waals surface area contributed by atoms with Gasteiger partial charge in [0.05, 0.1) is 6.61 Å². The van der Waals surface area contributed by atoms with Gasteiger partial charge in [-0.1, -0.05) is 18.2 Å². The standard InChI is InChI=1S/C20H25N3O2/c1-16(19-7-4-8-21-14-19)22-9-11-23(12-10-22)20(24)18-6-3-5-17(13-18)15-25-2/h3-8,13-14,16H,9-12,15H2,1-2H3. The van der Waals surface area contributed by atoms with Gasteiger partial charge < -0.3 is 9.64 Å². The van der Waals surface area contributed by atoms with Gasteiger partial charge in [0.2, 0.25) is 0 Å². The van der Waals surface area contributed by atoms with Crippen molar-refractivity contribution in [2.45, 2.75) is 19.6 Å². The number of hydrogen-bond donors (Lipinski definition) is 0. The average molecular weight is 339 g/mol. The summed E-state index contributed by atoms with van der Waals surface area (Å²) in [6.45, 7) is 5.97. The molecule has 0 spiro atoms. The molecule has 1 unspecified atom stereocenters. The quantitative estimate of drug-likeness (QED) is 0.840. The van der Waals surface area contributed by atoms with Crippen molar-refractivity contribution in [1.82, 2.24) is 14.8 Å². The molecule has 1 aromatic carbocycles. The van der Waals surface area contributed by atoms with Crippen LogP contribution in [-0.2, 0) is 11.3 Å². The molecule has 0 N–H and O–H groups in total. The van der Waals surface area contributed by atoms with E-state index in [0.29, 0.717) is 12.6 Å². The monoisotopic (exact) mass is 339 g/mol. The van der Waals surface area contributed by atoms with Gasteiger partial charge in [-0.3, -0.25) is 14.7 Å². The van der Waals surface area contributed by atoms with E-state index < -0.39 is 0 Å². The minimum Gasteiger partial charge on any atom is -0.380 e. The predicted octanol–water partition coefficient (Wildman–Crippen LogP) is 2.75. The molecule has 2 aromatic rings. The molecule has 0 aliphatic carbocycles. The second kappa shape index (κ2) is 8.23. The van der Waals surface area contributed by atoms with Gasteiger partial charge in [0.1, 0.15) is 0 Å². The van der Waals surface area contributed by atoms with Gasteiger partial charge in [-0.15, -0.1) is 0 Å². The third-order valence-corrected chi connectivity index (χ3v) is 4.80. The summed E-state index contributed by atoms with van der Waals surface area (Å²) in [6.07, 6.45) is 3.72. The lowest BCUT2D eigenvalue weighted by atomic mass is 10.1. The smallest absolute Gasteiger partial charge is 0.253 e. The van der Waals surface area contributed by atoms with E-state index in [1.807, 2.05) is 41.4 Å². The van der Waals surface area contributed by atoms with E-state index in [1.54, 1.807) is 13.3 Å². The number of aromatic nitrogens is 1. The van der Waals surface area contributed by atoms with Gasteiger partial charge in [0, 0.05) is 57.3 Å².